The van der Waals surface area contributed by atoms with Crippen molar-refractivity contribution < 1.29 is 18.3 Å². The zero-order valence-corrected chi connectivity index (χ0v) is 13.8. The summed E-state index contributed by atoms with van der Waals surface area (Å²) in [5.41, 5.74) is 0.668. The van der Waals surface area contributed by atoms with Crippen molar-refractivity contribution in [1.82, 2.24) is 10.6 Å². The lowest BCUT2D eigenvalue weighted by molar-refractivity contribution is 0.237. The minimum Gasteiger partial charge on any atom is -0.496 e. The van der Waals surface area contributed by atoms with E-state index in [1.54, 1.807) is 13.0 Å². The minimum absolute atomic E-state index is 0.0650. The summed E-state index contributed by atoms with van der Waals surface area (Å²) in [4.78, 5) is 12.0. The molecular weight excluding hydrogens is 328 g/mol. The fourth-order valence-electron chi connectivity index (χ4n) is 2.37. The number of carbonyl (C=O) groups excluding carboxylic acids is 1. The van der Waals surface area contributed by atoms with Gasteiger partial charge in [0.05, 0.1) is 30.3 Å². The number of amides is 2. The highest BCUT2D eigenvalue weighted by Crippen LogP contribution is 2.27. The van der Waals surface area contributed by atoms with Crippen LogP contribution in [0.5, 0.6) is 5.75 Å². The molecule has 130 valence electrons. The number of benzene rings is 2. The molecule has 0 spiro atoms. The molecule has 25 heavy (non-hydrogen) atoms. The van der Waals surface area contributed by atoms with Crippen LogP contribution in [-0.2, 0) is 6.54 Å². The van der Waals surface area contributed by atoms with E-state index in [9.17, 15) is 13.6 Å². The third-order valence-corrected chi connectivity index (χ3v) is 3.64. The first-order valence-electron chi connectivity index (χ1n) is 7.51. The molecule has 0 aliphatic heterocycles. The normalized spacial score (nSPS) is 11.3. The average molecular weight is 345 g/mol. The van der Waals surface area contributed by atoms with Crippen molar-refractivity contribution in [3.05, 3.63) is 64.7 Å². The highest BCUT2D eigenvalue weighted by molar-refractivity contribution is 5.74. The van der Waals surface area contributed by atoms with Gasteiger partial charge in [-0.2, -0.15) is 5.26 Å². The molecule has 0 aliphatic carbocycles. The zero-order valence-electron chi connectivity index (χ0n) is 13.8. The van der Waals surface area contributed by atoms with Gasteiger partial charge in [-0.05, 0) is 31.2 Å². The van der Waals surface area contributed by atoms with E-state index in [2.05, 4.69) is 10.6 Å². The Morgan fingerprint density at radius 1 is 1.28 bits per heavy atom. The van der Waals surface area contributed by atoms with Crippen molar-refractivity contribution in [2.45, 2.75) is 19.5 Å². The largest absolute Gasteiger partial charge is 0.496 e. The maximum absolute atomic E-state index is 14.0. The van der Waals surface area contributed by atoms with Crippen LogP contribution in [0.25, 0.3) is 0 Å². The van der Waals surface area contributed by atoms with Crippen molar-refractivity contribution >= 4 is 6.03 Å². The number of hydrogen-bond donors (Lipinski definition) is 2. The Kier molecular flexibility index (Phi) is 5.90. The van der Waals surface area contributed by atoms with Crippen LogP contribution in [-0.4, -0.2) is 13.1 Å². The molecule has 0 radical (unpaired) electrons. The Morgan fingerprint density at radius 3 is 2.68 bits per heavy atom. The van der Waals surface area contributed by atoms with Crippen molar-refractivity contribution in [2.24, 2.45) is 0 Å². The highest BCUT2D eigenvalue weighted by atomic mass is 19.1. The van der Waals surface area contributed by atoms with Crippen LogP contribution in [0.2, 0.25) is 0 Å². The average Bonchev–Trinajstić information content (AvgIpc) is 2.60. The summed E-state index contributed by atoms with van der Waals surface area (Å²) in [6.07, 6.45) is 0. The van der Waals surface area contributed by atoms with Gasteiger partial charge >= 0.3 is 6.03 Å². The minimum atomic E-state index is -0.651. The van der Waals surface area contributed by atoms with E-state index in [1.165, 1.54) is 31.4 Å². The van der Waals surface area contributed by atoms with E-state index in [-0.39, 0.29) is 23.2 Å². The van der Waals surface area contributed by atoms with Gasteiger partial charge in [0.25, 0.3) is 0 Å². The van der Waals surface area contributed by atoms with E-state index in [0.717, 1.165) is 6.07 Å². The molecule has 2 aromatic rings. The molecule has 0 fully saturated rings. The topological polar surface area (TPSA) is 74.2 Å². The summed E-state index contributed by atoms with van der Waals surface area (Å²) in [6.45, 7) is 1.55. The Labute approximate surface area is 144 Å². The number of methoxy groups -OCH3 is 1. The number of ether oxygens (including phenoxy) is 1. The number of carbonyl (C=O) groups is 1. The molecule has 1 atom stereocenters. The predicted octanol–water partition coefficient (Wildman–Crippen LogP) is 3.41. The van der Waals surface area contributed by atoms with Gasteiger partial charge in [0.2, 0.25) is 0 Å². The third kappa shape index (κ3) is 4.44. The van der Waals surface area contributed by atoms with Crippen LogP contribution >= 0.6 is 0 Å². The summed E-state index contributed by atoms with van der Waals surface area (Å²) in [7, 11) is 1.42. The van der Waals surface area contributed by atoms with Gasteiger partial charge in [-0.25, -0.2) is 13.6 Å². The van der Waals surface area contributed by atoms with Gasteiger partial charge in [-0.3, -0.25) is 0 Å². The highest BCUT2D eigenvalue weighted by Gasteiger charge is 2.18. The fourth-order valence-corrected chi connectivity index (χ4v) is 2.37. The second-order valence-corrected chi connectivity index (χ2v) is 5.32. The second-order valence-electron chi connectivity index (χ2n) is 5.32. The summed E-state index contributed by atoms with van der Waals surface area (Å²) >= 11 is 0. The van der Waals surface area contributed by atoms with Crippen LogP contribution < -0.4 is 15.4 Å². The van der Waals surface area contributed by atoms with Crippen LogP contribution in [0.1, 0.15) is 29.7 Å². The summed E-state index contributed by atoms with van der Waals surface area (Å²) in [5, 5.41) is 13.8. The van der Waals surface area contributed by atoms with Crippen molar-refractivity contribution in [2.75, 3.05) is 7.11 Å². The van der Waals surface area contributed by atoms with Crippen LogP contribution in [0.15, 0.2) is 36.4 Å². The Balaban J connectivity index is 2.00. The molecule has 0 saturated heterocycles. The molecule has 0 bridgehead atoms. The molecule has 0 aromatic heterocycles. The maximum atomic E-state index is 14.0. The summed E-state index contributed by atoms with van der Waals surface area (Å²) in [5.74, 6) is -0.751. The number of urea groups is 1. The molecule has 2 amide bonds. The molecule has 2 aromatic carbocycles. The van der Waals surface area contributed by atoms with E-state index in [0.29, 0.717) is 5.75 Å². The number of halogens is 2. The Hall–Kier alpha value is -3.14. The number of nitrogens with one attached hydrogen (secondary N) is 2. The first-order chi connectivity index (χ1) is 12.0. The number of nitriles is 1. The lowest BCUT2D eigenvalue weighted by atomic mass is 10.1. The molecule has 5 nitrogen and oxygen atoms in total. The number of nitrogens with zero attached hydrogens (tertiary/aromatic N) is 1. The first-order valence-corrected chi connectivity index (χ1v) is 7.51. The lowest BCUT2D eigenvalue weighted by Gasteiger charge is -2.18. The molecular formula is C18H17F2N3O2. The van der Waals surface area contributed by atoms with Gasteiger partial charge in [-0.15, -0.1) is 0 Å². The number of rotatable bonds is 5. The standard InChI is InChI=1S/C18H17F2N3O2/c1-11(17-14(19)4-3-5-16(17)25-2)23-18(24)22-10-13-7-6-12(9-21)8-15(13)20/h3-8,11H,10H2,1-2H3,(H2,22,23,24)/t11-/m0/s1. The molecule has 0 saturated carbocycles. The zero-order chi connectivity index (χ0) is 18.4. The van der Waals surface area contributed by atoms with Gasteiger partial charge in [0, 0.05) is 12.1 Å². The summed E-state index contributed by atoms with van der Waals surface area (Å²) < 4.78 is 32.9. The van der Waals surface area contributed by atoms with Gasteiger partial charge in [0.15, 0.2) is 0 Å². The third-order valence-electron chi connectivity index (χ3n) is 3.64. The smallest absolute Gasteiger partial charge is 0.315 e. The van der Waals surface area contributed by atoms with E-state index >= 15 is 0 Å². The lowest BCUT2D eigenvalue weighted by Crippen LogP contribution is -2.37. The van der Waals surface area contributed by atoms with Crippen LogP contribution in [0.4, 0.5) is 13.6 Å². The monoisotopic (exact) mass is 345 g/mol. The van der Waals surface area contributed by atoms with Crippen molar-refractivity contribution in [3.8, 4) is 11.8 Å². The van der Waals surface area contributed by atoms with Crippen LogP contribution in [0.3, 0.4) is 0 Å². The van der Waals surface area contributed by atoms with E-state index < -0.39 is 23.7 Å². The SMILES string of the molecule is COc1cccc(F)c1[C@H](C)NC(=O)NCc1ccc(C#N)cc1F. The van der Waals surface area contributed by atoms with Crippen molar-refractivity contribution in [1.29, 1.82) is 5.26 Å². The van der Waals surface area contributed by atoms with E-state index in [4.69, 9.17) is 10.00 Å². The van der Waals surface area contributed by atoms with Gasteiger partial charge < -0.3 is 15.4 Å². The number of hydrogen-bond acceptors (Lipinski definition) is 3. The Bertz CT molecular complexity index is 818. The summed E-state index contributed by atoms with van der Waals surface area (Å²) in [6, 6.07) is 8.98. The molecule has 0 aliphatic rings. The molecule has 0 heterocycles. The van der Waals surface area contributed by atoms with Crippen molar-refractivity contribution in [3.63, 3.8) is 0 Å². The molecule has 0 unspecified atom stereocenters. The molecule has 7 heteroatoms. The molecule has 2 rings (SSSR count). The van der Waals surface area contributed by atoms with E-state index in [1.807, 2.05) is 6.07 Å². The molecule has 2 N–H and O–H groups in total. The van der Waals surface area contributed by atoms with Crippen LogP contribution in [0, 0.1) is 23.0 Å². The fraction of sp³-hybridized carbons (Fsp3) is 0.222. The quantitative estimate of drug-likeness (QED) is 0.872. The first kappa shape index (κ1) is 18.2. The Morgan fingerprint density at radius 2 is 2.04 bits per heavy atom. The predicted molar refractivity (Wildman–Crippen MR) is 87.9 cm³/mol. The van der Waals surface area contributed by atoms with Gasteiger partial charge in [-0.1, -0.05) is 12.1 Å². The maximum Gasteiger partial charge on any atom is 0.315 e. The van der Waals surface area contributed by atoms with Gasteiger partial charge in [0.1, 0.15) is 17.4 Å². The second kappa shape index (κ2) is 8.11.